The minimum atomic E-state index is -0.902. The Balaban J connectivity index is 1.80. The Morgan fingerprint density at radius 1 is 1.25 bits per heavy atom. The lowest BCUT2D eigenvalue weighted by molar-refractivity contribution is 0.0697. The van der Waals surface area contributed by atoms with Gasteiger partial charge in [-0.15, -0.1) is 0 Å². The van der Waals surface area contributed by atoms with Gasteiger partial charge in [0, 0.05) is 0 Å². The molecule has 0 amide bonds. The molecule has 3 heteroatoms. The van der Waals surface area contributed by atoms with E-state index < -0.39 is 5.97 Å². The summed E-state index contributed by atoms with van der Waals surface area (Å²) in [5, 5.41) is 8.84. The number of aromatic carboxylic acids is 1. The average Bonchev–Trinajstić information content (AvgIpc) is 2.46. The van der Waals surface area contributed by atoms with Crippen LogP contribution in [0.15, 0.2) is 24.3 Å². The third-order valence-electron chi connectivity index (χ3n) is 4.48. The van der Waals surface area contributed by atoms with Crippen LogP contribution in [0.25, 0.3) is 0 Å². The molecule has 0 aliphatic heterocycles. The van der Waals surface area contributed by atoms with E-state index >= 15 is 0 Å². The Bertz CT molecular complexity index is 430. The van der Waals surface area contributed by atoms with E-state index in [1.54, 1.807) is 24.3 Å². The number of carbonyl (C=O) groups is 1. The largest absolute Gasteiger partial charge is 0.493 e. The summed E-state index contributed by atoms with van der Waals surface area (Å²) in [7, 11) is 0. The lowest BCUT2D eigenvalue weighted by atomic mass is 9.77. The van der Waals surface area contributed by atoms with Crippen molar-refractivity contribution < 1.29 is 14.6 Å². The van der Waals surface area contributed by atoms with Gasteiger partial charge in [0.1, 0.15) is 5.75 Å². The second-order valence-electron chi connectivity index (χ2n) is 6.14. The van der Waals surface area contributed by atoms with Crippen molar-refractivity contribution in [2.24, 2.45) is 17.8 Å². The van der Waals surface area contributed by atoms with E-state index in [9.17, 15) is 4.79 Å². The number of rotatable bonds is 5. The normalized spacial score (nSPS) is 24.1. The number of ether oxygens (including phenoxy) is 1. The van der Waals surface area contributed by atoms with Crippen LogP contribution >= 0.6 is 0 Å². The van der Waals surface area contributed by atoms with Crippen LogP contribution in [0, 0.1) is 17.8 Å². The van der Waals surface area contributed by atoms with Gasteiger partial charge in [-0.3, -0.25) is 0 Å². The molecule has 0 radical (unpaired) electrons. The van der Waals surface area contributed by atoms with Crippen LogP contribution in [0.1, 0.15) is 49.9 Å². The van der Waals surface area contributed by atoms with Crippen molar-refractivity contribution in [3.8, 4) is 5.75 Å². The van der Waals surface area contributed by atoms with Crippen molar-refractivity contribution in [1.82, 2.24) is 0 Å². The number of carboxylic acid groups (broad SMARTS) is 1. The molecule has 1 saturated carbocycles. The molecular formula is C17H24O3. The summed E-state index contributed by atoms with van der Waals surface area (Å²) in [5.41, 5.74) is 0.298. The zero-order valence-electron chi connectivity index (χ0n) is 12.3. The molecule has 1 N–H and O–H groups in total. The molecule has 3 nitrogen and oxygen atoms in total. The first-order valence-corrected chi connectivity index (χ1v) is 7.52. The minimum absolute atomic E-state index is 0.298. The number of hydrogen-bond donors (Lipinski definition) is 1. The average molecular weight is 276 g/mol. The quantitative estimate of drug-likeness (QED) is 0.875. The van der Waals surface area contributed by atoms with Crippen molar-refractivity contribution in [3.05, 3.63) is 29.8 Å². The van der Waals surface area contributed by atoms with E-state index in [2.05, 4.69) is 13.8 Å². The Labute approximate surface area is 121 Å². The maximum atomic E-state index is 10.8. The smallest absolute Gasteiger partial charge is 0.335 e. The summed E-state index contributed by atoms with van der Waals surface area (Å²) in [6.45, 7) is 5.30. The van der Waals surface area contributed by atoms with Gasteiger partial charge >= 0.3 is 5.97 Å². The van der Waals surface area contributed by atoms with Crippen molar-refractivity contribution in [2.45, 2.75) is 39.5 Å². The predicted molar refractivity (Wildman–Crippen MR) is 79.2 cm³/mol. The van der Waals surface area contributed by atoms with Gasteiger partial charge in [0.2, 0.25) is 0 Å². The molecular weight excluding hydrogens is 252 g/mol. The third kappa shape index (κ3) is 3.99. The van der Waals surface area contributed by atoms with Gasteiger partial charge < -0.3 is 9.84 Å². The van der Waals surface area contributed by atoms with Gasteiger partial charge in [0.15, 0.2) is 0 Å². The summed E-state index contributed by atoms with van der Waals surface area (Å²) in [6, 6.07) is 6.65. The highest BCUT2D eigenvalue weighted by atomic mass is 16.5. The molecule has 1 atom stereocenters. The zero-order valence-corrected chi connectivity index (χ0v) is 12.3. The Morgan fingerprint density at radius 3 is 2.40 bits per heavy atom. The summed E-state index contributed by atoms with van der Waals surface area (Å²) in [4.78, 5) is 10.8. The Kier molecular flexibility index (Phi) is 5.05. The van der Waals surface area contributed by atoms with Crippen molar-refractivity contribution in [3.63, 3.8) is 0 Å². The zero-order chi connectivity index (χ0) is 14.5. The van der Waals surface area contributed by atoms with Crippen LogP contribution in [-0.2, 0) is 0 Å². The molecule has 0 spiro atoms. The maximum absolute atomic E-state index is 10.8. The molecule has 1 fully saturated rings. The first-order chi connectivity index (χ1) is 9.56. The van der Waals surface area contributed by atoms with Gasteiger partial charge in [-0.1, -0.05) is 26.7 Å². The predicted octanol–water partition coefficient (Wildman–Crippen LogP) is 4.23. The second-order valence-corrected chi connectivity index (χ2v) is 6.14. The maximum Gasteiger partial charge on any atom is 0.335 e. The molecule has 0 bridgehead atoms. The number of carboxylic acids is 1. The second kappa shape index (κ2) is 6.78. The molecule has 2 rings (SSSR count). The fourth-order valence-electron chi connectivity index (χ4n) is 2.91. The van der Waals surface area contributed by atoms with E-state index in [1.807, 2.05) is 0 Å². The summed E-state index contributed by atoms with van der Waals surface area (Å²) in [6.07, 6.45) is 5.29. The topological polar surface area (TPSA) is 46.5 Å². The fourth-order valence-corrected chi connectivity index (χ4v) is 2.91. The van der Waals surface area contributed by atoms with Gasteiger partial charge in [-0.25, -0.2) is 4.79 Å². The van der Waals surface area contributed by atoms with E-state index in [4.69, 9.17) is 9.84 Å². The molecule has 1 aromatic carbocycles. The minimum Gasteiger partial charge on any atom is -0.493 e. The number of benzene rings is 1. The van der Waals surface area contributed by atoms with E-state index in [0.29, 0.717) is 18.1 Å². The lowest BCUT2D eigenvalue weighted by Gasteiger charge is -2.30. The highest BCUT2D eigenvalue weighted by Gasteiger charge is 2.23. The summed E-state index contributed by atoms with van der Waals surface area (Å²) in [5.74, 6) is 2.06. The van der Waals surface area contributed by atoms with E-state index in [0.717, 1.165) is 17.6 Å². The molecule has 1 aliphatic rings. The first-order valence-electron chi connectivity index (χ1n) is 7.52. The van der Waals surface area contributed by atoms with Gasteiger partial charge in [-0.2, -0.15) is 0 Å². The Hall–Kier alpha value is -1.51. The third-order valence-corrected chi connectivity index (χ3v) is 4.48. The molecule has 0 aromatic heterocycles. The molecule has 110 valence electrons. The highest BCUT2D eigenvalue weighted by Crippen LogP contribution is 2.33. The highest BCUT2D eigenvalue weighted by molar-refractivity contribution is 5.87. The van der Waals surface area contributed by atoms with Crippen LogP contribution < -0.4 is 4.74 Å². The van der Waals surface area contributed by atoms with Crippen LogP contribution in [0.5, 0.6) is 5.75 Å². The summed E-state index contributed by atoms with van der Waals surface area (Å²) >= 11 is 0. The van der Waals surface area contributed by atoms with Crippen LogP contribution in [0.4, 0.5) is 0 Å². The molecule has 1 aromatic rings. The van der Waals surface area contributed by atoms with Gasteiger partial charge in [-0.05, 0) is 54.9 Å². The van der Waals surface area contributed by atoms with Crippen LogP contribution in [-0.4, -0.2) is 17.7 Å². The van der Waals surface area contributed by atoms with E-state index in [1.165, 1.54) is 25.7 Å². The molecule has 0 saturated heterocycles. The first kappa shape index (κ1) is 14.9. The fraction of sp³-hybridized carbons (Fsp3) is 0.588. The lowest BCUT2D eigenvalue weighted by Crippen LogP contribution is -2.23. The molecule has 0 heterocycles. The Morgan fingerprint density at radius 2 is 1.85 bits per heavy atom. The van der Waals surface area contributed by atoms with Crippen LogP contribution in [0.3, 0.4) is 0 Å². The van der Waals surface area contributed by atoms with Crippen molar-refractivity contribution in [2.75, 3.05) is 6.61 Å². The van der Waals surface area contributed by atoms with Gasteiger partial charge in [0.25, 0.3) is 0 Å². The van der Waals surface area contributed by atoms with Crippen molar-refractivity contribution in [1.29, 1.82) is 0 Å². The number of hydrogen-bond acceptors (Lipinski definition) is 2. The van der Waals surface area contributed by atoms with E-state index in [-0.39, 0.29) is 0 Å². The SMILES string of the molecule is CC1CCC(C(C)COc2ccc(C(=O)O)cc2)CC1. The van der Waals surface area contributed by atoms with Crippen LogP contribution in [0.2, 0.25) is 0 Å². The van der Waals surface area contributed by atoms with Crippen molar-refractivity contribution >= 4 is 5.97 Å². The molecule has 1 aliphatic carbocycles. The van der Waals surface area contributed by atoms with Gasteiger partial charge in [0.05, 0.1) is 12.2 Å². The standard InChI is InChI=1S/C17H24O3/c1-12-3-5-14(6-4-12)13(2)11-20-16-9-7-15(8-10-16)17(18)19/h7-10,12-14H,3-6,11H2,1-2H3,(H,18,19). The molecule has 20 heavy (non-hydrogen) atoms. The monoisotopic (exact) mass is 276 g/mol. The molecule has 1 unspecified atom stereocenters. The summed E-state index contributed by atoms with van der Waals surface area (Å²) < 4.78 is 5.79.